The number of urea groups is 1. The van der Waals surface area contributed by atoms with E-state index in [1.165, 1.54) is 10.9 Å². The van der Waals surface area contributed by atoms with Gasteiger partial charge in [0, 0.05) is 36.7 Å². The smallest absolute Gasteiger partial charge is 0.317 e. The average Bonchev–Trinajstić information content (AvgIpc) is 3.08. The first-order valence-electron chi connectivity index (χ1n) is 6.92. The highest BCUT2D eigenvalue weighted by Crippen LogP contribution is 2.17. The summed E-state index contributed by atoms with van der Waals surface area (Å²) in [4.78, 5) is 17.0. The summed E-state index contributed by atoms with van der Waals surface area (Å²) in [5, 5.41) is 4.25. The molecule has 1 aliphatic heterocycles. The second-order valence-electron chi connectivity index (χ2n) is 5.04. The Labute approximate surface area is 112 Å². The van der Waals surface area contributed by atoms with Crippen LogP contribution >= 0.6 is 0 Å². The second-order valence-corrected chi connectivity index (χ2v) is 5.04. The van der Waals surface area contributed by atoms with Gasteiger partial charge in [-0.3, -0.25) is 0 Å². The van der Waals surface area contributed by atoms with Crippen LogP contribution in [0.2, 0.25) is 0 Å². The molecule has 1 aromatic carbocycles. The molecule has 2 N–H and O–H groups in total. The lowest BCUT2D eigenvalue weighted by Crippen LogP contribution is -2.38. The number of aromatic nitrogens is 1. The van der Waals surface area contributed by atoms with Gasteiger partial charge in [-0.25, -0.2) is 4.79 Å². The number of hydrogen-bond acceptors (Lipinski definition) is 1. The largest absolute Gasteiger partial charge is 0.361 e. The van der Waals surface area contributed by atoms with E-state index in [-0.39, 0.29) is 6.03 Å². The zero-order valence-electron chi connectivity index (χ0n) is 11.0. The van der Waals surface area contributed by atoms with Gasteiger partial charge < -0.3 is 15.2 Å². The summed E-state index contributed by atoms with van der Waals surface area (Å²) in [7, 11) is 0. The van der Waals surface area contributed by atoms with E-state index in [0.717, 1.165) is 37.9 Å². The molecular weight excluding hydrogens is 238 g/mol. The second kappa shape index (κ2) is 5.34. The van der Waals surface area contributed by atoms with Crippen LogP contribution in [0.4, 0.5) is 4.79 Å². The Morgan fingerprint density at radius 2 is 2.05 bits per heavy atom. The van der Waals surface area contributed by atoms with Crippen LogP contribution in [0.25, 0.3) is 10.9 Å². The maximum Gasteiger partial charge on any atom is 0.317 e. The molecular formula is C15H19N3O. The summed E-state index contributed by atoms with van der Waals surface area (Å²) >= 11 is 0. The van der Waals surface area contributed by atoms with Crippen molar-refractivity contribution in [2.24, 2.45) is 0 Å². The zero-order valence-corrected chi connectivity index (χ0v) is 11.0. The lowest BCUT2D eigenvalue weighted by atomic mass is 10.1. The number of rotatable bonds is 3. The third-order valence-corrected chi connectivity index (χ3v) is 3.74. The number of nitrogens with one attached hydrogen (secondary N) is 2. The number of likely N-dealkylation sites (tertiary alicyclic amines) is 1. The minimum atomic E-state index is 0.0809. The number of carbonyl (C=O) groups is 1. The van der Waals surface area contributed by atoms with Crippen LogP contribution < -0.4 is 5.32 Å². The zero-order chi connectivity index (χ0) is 13.1. The molecule has 4 heteroatoms. The van der Waals surface area contributed by atoms with E-state index in [9.17, 15) is 4.79 Å². The Kier molecular flexibility index (Phi) is 3.40. The van der Waals surface area contributed by atoms with Crippen molar-refractivity contribution in [2.75, 3.05) is 19.6 Å². The maximum absolute atomic E-state index is 11.8. The molecule has 100 valence electrons. The van der Waals surface area contributed by atoms with Crippen LogP contribution in [0.15, 0.2) is 30.5 Å². The van der Waals surface area contributed by atoms with Gasteiger partial charge in [-0.1, -0.05) is 18.2 Å². The molecule has 1 fully saturated rings. The minimum absolute atomic E-state index is 0.0809. The van der Waals surface area contributed by atoms with Crippen molar-refractivity contribution < 1.29 is 4.79 Å². The third-order valence-electron chi connectivity index (χ3n) is 3.74. The normalized spacial score (nSPS) is 15.1. The number of carbonyl (C=O) groups excluding carboxylic acids is 1. The Bertz CT molecular complexity index is 570. The summed E-state index contributed by atoms with van der Waals surface area (Å²) in [6.45, 7) is 2.50. The lowest BCUT2D eigenvalue weighted by Gasteiger charge is -2.15. The predicted octanol–water partition coefficient (Wildman–Crippen LogP) is 2.52. The van der Waals surface area contributed by atoms with Crippen LogP contribution in [-0.4, -0.2) is 35.5 Å². The summed E-state index contributed by atoms with van der Waals surface area (Å²) in [5.74, 6) is 0. The number of aromatic amines is 1. The first kappa shape index (κ1) is 12.1. The molecule has 0 atom stereocenters. The van der Waals surface area contributed by atoms with E-state index in [2.05, 4.69) is 22.4 Å². The molecule has 0 radical (unpaired) electrons. The number of amides is 2. The summed E-state index contributed by atoms with van der Waals surface area (Å²) in [6.07, 6.45) is 5.17. The van der Waals surface area contributed by atoms with Crippen LogP contribution in [-0.2, 0) is 6.42 Å². The van der Waals surface area contributed by atoms with Crippen LogP contribution in [0.3, 0.4) is 0 Å². The lowest BCUT2D eigenvalue weighted by molar-refractivity contribution is 0.209. The van der Waals surface area contributed by atoms with E-state index in [0.29, 0.717) is 6.54 Å². The van der Waals surface area contributed by atoms with Crippen LogP contribution in [0, 0.1) is 0 Å². The van der Waals surface area contributed by atoms with Crippen LogP contribution in [0.5, 0.6) is 0 Å². The highest BCUT2D eigenvalue weighted by atomic mass is 16.2. The van der Waals surface area contributed by atoms with E-state index < -0.39 is 0 Å². The summed E-state index contributed by atoms with van der Waals surface area (Å²) in [6, 6.07) is 8.34. The molecule has 19 heavy (non-hydrogen) atoms. The van der Waals surface area contributed by atoms with Gasteiger partial charge >= 0.3 is 6.03 Å². The number of nitrogens with zero attached hydrogens (tertiary/aromatic N) is 1. The number of hydrogen-bond donors (Lipinski definition) is 2. The number of H-pyrrole nitrogens is 1. The van der Waals surface area contributed by atoms with Crippen molar-refractivity contribution in [1.29, 1.82) is 0 Å². The van der Waals surface area contributed by atoms with Gasteiger partial charge in [0.05, 0.1) is 0 Å². The number of para-hydroxylation sites is 1. The summed E-state index contributed by atoms with van der Waals surface area (Å²) < 4.78 is 0. The molecule has 2 heterocycles. The molecule has 0 unspecified atom stereocenters. The van der Waals surface area contributed by atoms with Gasteiger partial charge in [0.15, 0.2) is 0 Å². The standard InChI is InChI=1S/C15H19N3O/c19-15(18-9-3-4-10-18)16-8-7-12-11-17-14-6-2-1-5-13(12)14/h1-2,5-6,11,17H,3-4,7-10H2,(H,16,19). The molecule has 1 aromatic heterocycles. The fourth-order valence-corrected chi connectivity index (χ4v) is 2.67. The molecule has 0 aliphatic carbocycles. The first-order chi connectivity index (χ1) is 9.34. The van der Waals surface area contributed by atoms with Gasteiger partial charge in [0.2, 0.25) is 0 Å². The molecule has 0 saturated carbocycles. The Balaban J connectivity index is 1.56. The maximum atomic E-state index is 11.8. The number of benzene rings is 1. The molecule has 0 spiro atoms. The average molecular weight is 257 g/mol. The first-order valence-corrected chi connectivity index (χ1v) is 6.92. The van der Waals surface area contributed by atoms with E-state index in [1.54, 1.807) is 0 Å². The van der Waals surface area contributed by atoms with E-state index >= 15 is 0 Å². The van der Waals surface area contributed by atoms with Crippen molar-refractivity contribution in [2.45, 2.75) is 19.3 Å². The highest BCUT2D eigenvalue weighted by molar-refractivity contribution is 5.83. The topological polar surface area (TPSA) is 48.1 Å². The molecule has 4 nitrogen and oxygen atoms in total. The SMILES string of the molecule is O=C(NCCc1c[nH]c2ccccc12)N1CCCC1. The molecule has 0 bridgehead atoms. The molecule has 2 aromatic rings. The van der Waals surface area contributed by atoms with Crippen molar-refractivity contribution in [3.8, 4) is 0 Å². The van der Waals surface area contributed by atoms with Gasteiger partial charge in [-0.2, -0.15) is 0 Å². The number of fused-ring (bicyclic) bond motifs is 1. The Hall–Kier alpha value is -1.97. The van der Waals surface area contributed by atoms with Crippen molar-refractivity contribution >= 4 is 16.9 Å². The van der Waals surface area contributed by atoms with Crippen molar-refractivity contribution in [3.63, 3.8) is 0 Å². The van der Waals surface area contributed by atoms with Crippen molar-refractivity contribution in [1.82, 2.24) is 15.2 Å². The fourth-order valence-electron chi connectivity index (χ4n) is 2.67. The molecule has 1 aliphatic rings. The van der Waals surface area contributed by atoms with E-state index in [1.807, 2.05) is 23.2 Å². The molecule has 2 amide bonds. The van der Waals surface area contributed by atoms with Gasteiger partial charge in [0.25, 0.3) is 0 Å². The van der Waals surface area contributed by atoms with Crippen LogP contribution in [0.1, 0.15) is 18.4 Å². The predicted molar refractivity (Wildman–Crippen MR) is 76.2 cm³/mol. The van der Waals surface area contributed by atoms with Crippen molar-refractivity contribution in [3.05, 3.63) is 36.0 Å². The van der Waals surface area contributed by atoms with E-state index in [4.69, 9.17) is 0 Å². The van der Waals surface area contributed by atoms with Gasteiger partial charge in [0.1, 0.15) is 0 Å². The van der Waals surface area contributed by atoms with Gasteiger partial charge in [-0.05, 0) is 30.9 Å². The molecule has 1 saturated heterocycles. The summed E-state index contributed by atoms with van der Waals surface area (Å²) in [5.41, 5.74) is 2.42. The monoisotopic (exact) mass is 257 g/mol. The minimum Gasteiger partial charge on any atom is -0.361 e. The quantitative estimate of drug-likeness (QED) is 0.872. The highest BCUT2D eigenvalue weighted by Gasteiger charge is 2.16. The molecule has 3 rings (SSSR count). The van der Waals surface area contributed by atoms with Gasteiger partial charge in [-0.15, -0.1) is 0 Å². The fraction of sp³-hybridized carbons (Fsp3) is 0.400. The Morgan fingerprint density at radius 3 is 2.89 bits per heavy atom. The third kappa shape index (κ3) is 2.57. The Morgan fingerprint density at radius 1 is 1.26 bits per heavy atom.